The highest BCUT2D eigenvalue weighted by molar-refractivity contribution is 5.15. The molecule has 0 aliphatic heterocycles. The Kier molecular flexibility index (Phi) is 3.72. The third-order valence-corrected chi connectivity index (χ3v) is 3.27. The molecule has 0 atom stereocenters. The van der Waals surface area contributed by atoms with Crippen LogP contribution in [-0.2, 0) is 12.0 Å². The lowest BCUT2D eigenvalue weighted by Gasteiger charge is -2.20. The summed E-state index contributed by atoms with van der Waals surface area (Å²) in [4.78, 5) is 8.37. The van der Waals surface area contributed by atoms with Gasteiger partial charge in [0, 0.05) is 18.8 Å². The monoisotopic (exact) mass is 246 g/mol. The van der Waals surface area contributed by atoms with E-state index in [0.717, 1.165) is 18.4 Å². The molecule has 0 spiro atoms. The zero-order chi connectivity index (χ0) is 13.0. The Morgan fingerprint density at radius 1 is 1.22 bits per heavy atom. The van der Waals surface area contributed by atoms with Crippen LogP contribution in [0.3, 0.4) is 0 Å². The van der Waals surface area contributed by atoms with Gasteiger partial charge in [-0.05, 0) is 30.5 Å². The molecule has 2 rings (SSSR count). The first-order valence-electron chi connectivity index (χ1n) is 6.19. The van der Waals surface area contributed by atoms with Gasteiger partial charge in [0.2, 0.25) is 5.89 Å². The number of hydrogen-bond acceptors (Lipinski definition) is 5. The van der Waals surface area contributed by atoms with E-state index in [4.69, 9.17) is 10.3 Å². The Labute approximate surface area is 106 Å². The van der Waals surface area contributed by atoms with E-state index in [0.29, 0.717) is 18.1 Å². The third-order valence-electron chi connectivity index (χ3n) is 3.27. The summed E-state index contributed by atoms with van der Waals surface area (Å²) in [5.41, 5.74) is 6.81. The molecule has 2 heterocycles. The molecule has 0 aromatic carbocycles. The molecule has 2 aromatic heterocycles. The summed E-state index contributed by atoms with van der Waals surface area (Å²) in [6.45, 7) is 4.05. The minimum Gasteiger partial charge on any atom is -0.337 e. The van der Waals surface area contributed by atoms with Crippen LogP contribution in [0.25, 0.3) is 0 Å². The molecule has 0 aliphatic rings. The minimum absolute atomic E-state index is 0.510. The summed E-state index contributed by atoms with van der Waals surface area (Å²) >= 11 is 0. The fraction of sp³-hybridized carbons (Fsp3) is 0.462. The molecular formula is C13H18N4O. The first-order valence-corrected chi connectivity index (χ1v) is 6.19. The van der Waals surface area contributed by atoms with Crippen molar-refractivity contribution in [3.63, 3.8) is 0 Å². The summed E-state index contributed by atoms with van der Waals surface area (Å²) in [5.74, 6) is 1.18. The van der Waals surface area contributed by atoms with E-state index in [1.54, 1.807) is 12.4 Å². The van der Waals surface area contributed by atoms with Crippen LogP contribution in [0, 0.1) is 0 Å². The summed E-state index contributed by atoms with van der Waals surface area (Å²) in [6.07, 6.45) is 5.69. The van der Waals surface area contributed by atoms with Gasteiger partial charge in [-0.15, -0.1) is 0 Å². The Balaban J connectivity index is 2.16. The Morgan fingerprint density at radius 2 is 1.89 bits per heavy atom. The topological polar surface area (TPSA) is 77.8 Å². The highest BCUT2D eigenvalue weighted by atomic mass is 16.5. The Bertz CT molecular complexity index is 491. The summed E-state index contributed by atoms with van der Waals surface area (Å²) < 4.78 is 5.28. The molecule has 96 valence electrons. The van der Waals surface area contributed by atoms with Crippen molar-refractivity contribution in [1.29, 1.82) is 0 Å². The van der Waals surface area contributed by atoms with Crippen LogP contribution in [0.15, 0.2) is 29.0 Å². The van der Waals surface area contributed by atoms with Gasteiger partial charge < -0.3 is 10.3 Å². The average Bonchev–Trinajstić information content (AvgIpc) is 2.88. The SMILES string of the molecule is CCC(N)(CC)c1nc(Cc2ccncc2)no1. The fourth-order valence-corrected chi connectivity index (χ4v) is 1.76. The minimum atomic E-state index is -0.510. The van der Waals surface area contributed by atoms with E-state index < -0.39 is 5.54 Å². The van der Waals surface area contributed by atoms with Gasteiger partial charge in [-0.1, -0.05) is 19.0 Å². The van der Waals surface area contributed by atoms with Gasteiger partial charge in [-0.3, -0.25) is 4.98 Å². The quantitative estimate of drug-likeness (QED) is 0.873. The van der Waals surface area contributed by atoms with Crippen molar-refractivity contribution in [2.24, 2.45) is 5.73 Å². The highest BCUT2D eigenvalue weighted by Crippen LogP contribution is 2.24. The van der Waals surface area contributed by atoms with Crippen molar-refractivity contribution in [3.05, 3.63) is 41.8 Å². The second kappa shape index (κ2) is 5.27. The van der Waals surface area contributed by atoms with Crippen LogP contribution >= 0.6 is 0 Å². The number of nitrogens with two attached hydrogens (primary N) is 1. The lowest BCUT2D eigenvalue weighted by Crippen LogP contribution is -2.35. The van der Waals surface area contributed by atoms with Crippen LogP contribution in [0.1, 0.15) is 44.0 Å². The number of nitrogens with zero attached hydrogens (tertiary/aromatic N) is 3. The fourth-order valence-electron chi connectivity index (χ4n) is 1.76. The lowest BCUT2D eigenvalue weighted by atomic mass is 9.94. The molecule has 0 amide bonds. The van der Waals surface area contributed by atoms with E-state index in [2.05, 4.69) is 15.1 Å². The maximum Gasteiger partial charge on any atom is 0.246 e. The number of rotatable bonds is 5. The molecule has 2 N–H and O–H groups in total. The molecule has 0 unspecified atom stereocenters. The van der Waals surface area contributed by atoms with Gasteiger partial charge in [-0.2, -0.15) is 4.98 Å². The van der Waals surface area contributed by atoms with E-state index in [-0.39, 0.29) is 0 Å². The predicted molar refractivity (Wildman–Crippen MR) is 67.8 cm³/mol. The van der Waals surface area contributed by atoms with E-state index >= 15 is 0 Å². The van der Waals surface area contributed by atoms with Gasteiger partial charge in [-0.25, -0.2) is 0 Å². The number of aromatic nitrogens is 3. The van der Waals surface area contributed by atoms with Crippen molar-refractivity contribution in [1.82, 2.24) is 15.1 Å². The van der Waals surface area contributed by atoms with Crippen molar-refractivity contribution in [2.75, 3.05) is 0 Å². The molecule has 0 bridgehead atoms. The maximum atomic E-state index is 6.22. The molecule has 18 heavy (non-hydrogen) atoms. The zero-order valence-corrected chi connectivity index (χ0v) is 10.8. The van der Waals surface area contributed by atoms with Crippen molar-refractivity contribution in [3.8, 4) is 0 Å². The number of hydrogen-bond donors (Lipinski definition) is 1. The molecule has 2 aromatic rings. The lowest BCUT2D eigenvalue weighted by molar-refractivity contribution is 0.267. The second-order valence-corrected chi connectivity index (χ2v) is 4.41. The standard InChI is InChI=1S/C13H18N4O/c1-3-13(14,4-2)12-16-11(17-18-12)9-10-5-7-15-8-6-10/h5-8H,3-4,9,14H2,1-2H3. The first kappa shape index (κ1) is 12.7. The molecule has 0 aliphatic carbocycles. The maximum absolute atomic E-state index is 6.22. The smallest absolute Gasteiger partial charge is 0.246 e. The largest absolute Gasteiger partial charge is 0.337 e. The Morgan fingerprint density at radius 3 is 2.50 bits per heavy atom. The molecule has 0 radical (unpaired) electrons. The van der Waals surface area contributed by atoms with Gasteiger partial charge >= 0.3 is 0 Å². The molecular weight excluding hydrogens is 228 g/mol. The molecule has 0 saturated heterocycles. The molecule has 5 heteroatoms. The van der Waals surface area contributed by atoms with Crippen molar-refractivity contribution in [2.45, 2.75) is 38.6 Å². The van der Waals surface area contributed by atoms with Crippen LogP contribution in [0.5, 0.6) is 0 Å². The number of pyridine rings is 1. The van der Waals surface area contributed by atoms with E-state index in [1.807, 2.05) is 26.0 Å². The van der Waals surface area contributed by atoms with Crippen LogP contribution in [-0.4, -0.2) is 15.1 Å². The summed E-state index contributed by atoms with van der Waals surface area (Å²) in [5, 5.41) is 3.99. The zero-order valence-electron chi connectivity index (χ0n) is 10.8. The van der Waals surface area contributed by atoms with E-state index in [9.17, 15) is 0 Å². The normalized spacial score (nSPS) is 11.7. The summed E-state index contributed by atoms with van der Waals surface area (Å²) in [6, 6.07) is 3.87. The Hall–Kier alpha value is -1.75. The predicted octanol–water partition coefficient (Wildman–Crippen LogP) is 2.03. The van der Waals surface area contributed by atoms with Gasteiger partial charge in [0.05, 0.1) is 5.54 Å². The van der Waals surface area contributed by atoms with Crippen LogP contribution < -0.4 is 5.73 Å². The van der Waals surface area contributed by atoms with Crippen LogP contribution in [0.2, 0.25) is 0 Å². The summed E-state index contributed by atoms with van der Waals surface area (Å²) in [7, 11) is 0. The highest BCUT2D eigenvalue weighted by Gasteiger charge is 2.29. The average molecular weight is 246 g/mol. The first-order chi connectivity index (χ1) is 8.68. The van der Waals surface area contributed by atoms with Gasteiger partial charge in [0.15, 0.2) is 5.82 Å². The molecule has 0 saturated carbocycles. The molecule has 5 nitrogen and oxygen atoms in total. The van der Waals surface area contributed by atoms with Gasteiger partial charge in [0.1, 0.15) is 0 Å². The van der Waals surface area contributed by atoms with Crippen molar-refractivity contribution < 1.29 is 4.52 Å². The van der Waals surface area contributed by atoms with Crippen molar-refractivity contribution >= 4 is 0 Å². The molecule has 0 fully saturated rings. The van der Waals surface area contributed by atoms with Gasteiger partial charge in [0.25, 0.3) is 0 Å². The second-order valence-electron chi connectivity index (χ2n) is 4.41. The van der Waals surface area contributed by atoms with E-state index in [1.165, 1.54) is 0 Å². The third kappa shape index (κ3) is 2.56. The van der Waals surface area contributed by atoms with Crippen LogP contribution in [0.4, 0.5) is 0 Å².